The lowest BCUT2D eigenvalue weighted by Gasteiger charge is -2.41. The van der Waals surface area contributed by atoms with Crippen molar-refractivity contribution >= 4 is 17.9 Å². The predicted molar refractivity (Wildman–Crippen MR) is 166 cm³/mol. The minimum atomic E-state index is -1.37. The van der Waals surface area contributed by atoms with E-state index >= 15 is 0 Å². The minimum Gasteiger partial charge on any atom is -0.497 e. The number of ether oxygens (including phenoxy) is 2. The minimum absolute atomic E-state index is 0.0370. The summed E-state index contributed by atoms with van der Waals surface area (Å²) in [6.45, 7) is 12.5. The number of nitrogens with one attached hydrogen (secondary N) is 2. The second-order valence-corrected chi connectivity index (χ2v) is 12.1. The Labute approximate surface area is 254 Å². The van der Waals surface area contributed by atoms with E-state index in [1.165, 1.54) is 4.90 Å². The van der Waals surface area contributed by atoms with Gasteiger partial charge in [-0.3, -0.25) is 9.59 Å². The summed E-state index contributed by atoms with van der Waals surface area (Å²) in [6.07, 6.45) is 0.319. The fourth-order valence-electron chi connectivity index (χ4n) is 4.43. The Morgan fingerprint density at radius 1 is 0.977 bits per heavy atom. The van der Waals surface area contributed by atoms with Gasteiger partial charge in [-0.25, -0.2) is 4.79 Å². The van der Waals surface area contributed by atoms with Crippen LogP contribution in [-0.2, 0) is 27.3 Å². The number of hydrogen-bond acceptors (Lipinski definition) is 6. The number of azide groups is 1. The first-order valence-electron chi connectivity index (χ1n) is 14.5. The molecule has 0 aromatic heterocycles. The highest BCUT2D eigenvalue weighted by Crippen LogP contribution is 2.25. The van der Waals surface area contributed by atoms with Gasteiger partial charge in [-0.1, -0.05) is 67.8 Å². The zero-order valence-electron chi connectivity index (χ0n) is 26.6. The molecule has 2 N–H and O–H groups in total. The molecule has 0 aliphatic heterocycles. The molecule has 11 heteroatoms. The maximum atomic E-state index is 14.4. The number of alkyl carbamates (subject to hydrolysis) is 1. The Hall–Kier alpha value is -4.24. The molecule has 0 saturated heterocycles. The van der Waals surface area contributed by atoms with E-state index in [4.69, 9.17) is 15.0 Å². The van der Waals surface area contributed by atoms with Gasteiger partial charge in [0.2, 0.25) is 11.8 Å². The normalized spacial score (nSPS) is 13.5. The zero-order valence-corrected chi connectivity index (χ0v) is 26.6. The van der Waals surface area contributed by atoms with Crippen LogP contribution in [0.4, 0.5) is 4.79 Å². The molecule has 3 amide bonds. The van der Waals surface area contributed by atoms with E-state index < -0.39 is 41.1 Å². The Kier molecular flexibility index (Phi) is 12.9. The van der Waals surface area contributed by atoms with E-state index in [9.17, 15) is 14.4 Å². The van der Waals surface area contributed by atoms with Gasteiger partial charge in [0.1, 0.15) is 22.9 Å². The summed E-state index contributed by atoms with van der Waals surface area (Å²) in [6, 6.07) is 15.3. The van der Waals surface area contributed by atoms with Gasteiger partial charge < -0.3 is 25.0 Å². The van der Waals surface area contributed by atoms with E-state index in [0.717, 1.165) is 11.1 Å². The lowest BCUT2D eigenvalue weighted by atomic mass is 9.93. The molecule has 0 unspecified atom stereocenters. The molecule has 0 saturated carbocycles. The second-order valence-electron chi connectivity index (χ2n) is 12.1. The number of hydrogen-bond donors (Lipinski definition) is 2. The van der Waals surface area contributed by atoms with E-state index in [2.05, 4.69) is 20.7 Å². The van der Waals surface area contributed by atoms with Crippen LogP contribution >= 0.6 is 0 Å². The van der Waals surface area contributed by atoms with Gasteiger partial charge in [0.25, 0.3) is 0 Å². The maximum absolute atomic E-state index is 14.4. The number of carbonyl (C=O) groups excluding carboxylic acids is 3. The molecule has 3 atom stereocenters. The Balaban J connectivity index is 2.47. The van der Waals surface area contributed by atoms with E-state index in [-0.39, 0.29) is 19.0 Å². The van der Waals surface area contributed by atoms with Crippen LogP contribution in [0.25, 0.3) is 10.4 Å². The van der Waals surface area contributed by atoms with Crippen molar-refractivity contribution in [3.8, 4) is 5.75 Å². The third-order valence-electron chi connectivity index (χ3n) is 7.17. The van der Waals surface area contributed by atoms with Gasteiger partial charge >= 0.3 is 6.09 Å². The molecule has 2 rings (SSSR count). The van der Waals surface area contributed by atoms with Gasteiger partial charge in [-0.2, -0.15) is 0 Å². The van der Waals surface area contributed by atoms with Crippen LogP contribution in [0.5, 0.6) is 5.75 Å². The number of benzene rings is 2. The molecule has 0 heterocycles. The molecule has 2 aromatic carbocycles. The van der Waals surface area contributed by atoms with E-state index in [1.54, 1.807) is 53.9 Å². The summed E-state index contributed by atoms with van der Waals surface area (Å²) in [5.41, 5.74) is 8.56. The average molecular weight is 595 g/mol. The largest absolute Gasteiger partial charge is 0.497 e. The monoisotopic (exact) mass is 594 g/mol. The van der Waals surface area contributed by atoms with Crippen LogP contribution in [0.3, 0.4) is 0 Å². The van der Waals surface area contributed by atoms with Crippen LogP contribution in [-0.4, -0.2) is 59.7 Å². The van der Waals surface area contributed by atoms with Crippen molar-refractivity contribution in [2.45, 2.75) is 91.1 Å². The molecule has 43 heavy (non-hydrogen) atoms. The average Bonchev–Trinajstić information content (AvgIpc) is 2.96. The molecule has 11 nitrogen and oxygen atoms in total. The number of rotatable bonds is 14. The van der Waals surface area contributed by atoms with Crippen molar-refractivity contribution in [3.05, 3.63) is 76.2 Å². The summed E-state index contributed by atoms with van der Waals surface area (Å²) in [7, 11) is 1.57. The molecule has 2 aromatic rings. The topological polar surface area (TPSA) is 146 Å². The van der Waals surface area contributed by atoms with Gasteiger partial charge in [0.15, 0.2) is 0 Å². The molecule has 0 aliphatic carbocycles. The number of carbonyl (C=O) groups is 3. The third kappa shape index (κ3) is 10.8. The van der Waals surface area contributed by atoms with Crippen molar-refractivity contribution in [1.82, 2.24) is 15.5 Å². The van der Waals surface area contributed by atoms with Crippen LogP contribution in [0, 0.1) is 5.92 Å². The lowest BCUT2D eigenvalue weighted by molar-refractivity contribution is -0.149. The van der Waals surface area contributed by atoms with Crippen molar-refractivity contribution in [3.63, 3.8) is 0 Å². The molecule has 0 spiro atoms. The quantitative estimate of drug-likeness (QED) is 0.162. The summed E-state index contributed by atoms with van der Waals surface area (Å²) in [5.74, 6) is -0.452. The second kappa shape index (κ2) is 15.8. The van der Waals surface area contributed by atoms with Crippen molar-refractivity contribution in [2.24, 2.45) is 11.0 Å². The molecule has 0 radical (unpaired) electrons. The van der Waals surface area contributed by atoms with E-state index in [1.807, 2.05) is 56.3 Å². The highest BCUT2D eigenvalue weighted by Gasteiger charge is 2.42. The number of methoxy groups -OCH3 is 1. The zero-order chi connectivity index (χ0) is 32.2. The Morgan fingerprint density at radius 3 is 2.14 bits per heavy atom. The van der Waals surface area contributed by atoms with Crippen LogP contribution in [0.2, 0.25) is 0 Å². The predicted octanol–water partition coefficient (Wildman–Crippen LogP) is 5.78. The molecular formula is C32H46N6O5. The van der Waals surface area contributed by atoms with E-state index in [0.29, 0.717) is 18.6 Å². The maximum Gasteiger partial charge on any atom is 0.408 e. The smallest absolute Gasteiger partial charge is 0.408 e. The Morgan fingerprint density at radius 2 is 1.60 bits per heavy atom. The van der Waals surface area contributed by atoms with Crippen molar-refractivity contribution < 1.29 is 23.9 Å². The molecule has 234 valence electrons. The molecule has 0 fully saturated rings. The summed E-state index contributed by atoms with van der Waals surface area (Å²) in [5, 5.41) is 9.47. The summed E-state index contributed by atoms with van der Waals surface area (Å²) < 4.78 is 10.7. The van der Waals surface area contributed by atoms with Gasteiger partial charge in [0.05, 0.1) is 7.11 Å². The van der Waals surface area contributed by atoms with Crippen LogP contribution < -0.4 is 15.4 Å². The Bertz CT molecular complexity index is 1250. The van der Waals surface area contributed by atoms with Crippen molar-refractivity contribution in [1.29, 1.82) is 0 Å². The first-order valence-corrected chi connectivity index (χ1v) is 14.5. The fourth-order valence-corrected chi connectivity index (χ4v) is 4.43. The first-order chi connectivity index (χ1) is 20.2. The molecule has 0 bridgehead atoms. The lowest BCUT2D eigenvalue weighted by Crippen LogP contribution is -2.63. The van der Waals surface area contributed by atoms with Gasteiger partial charge in [-0.05, 0) is 75.7 Å². The highest BCUT2D eigenvalue weighted by molar-refractivity contribution is 5.94. The number of amides is 3. The SMILES string of the molecule is CC[C@H](C)[C@H](NC(=O)OC(C)(C)C)C(=O)N(Cc1ccc(OC)cc1)C(C)(C)C(=O)N[C@H](CN=[N+]=[N-])Cc1ccccc1. The summed E-state index contributed by atoms with van der Waals surface area (Å²) in [4.78, 5) is 45.5. The first kappa shape index (κ1) is 35.0. The van der Waals surface area contributed by atoms with Crippen LogP contribution in [0.15, 0.2) is 59.7 Å². The van der Waals surface area contributed by atoms with Gasteiger partial charge in [-0.15, -0.1) is 0 Å². The summed E-state index contributed by atoms with van der Waals surface area (Å²) >= 11 is 0. The fraction of sp³-hybridized carbons (Fsp3) is 0.531. The van der Waals surface area contributed by atoms with Crippen molar-refractivity contribution in [2.75, 3.05) is 13.7 Å². The van der Waals surface area contributed by atoms with Crippen LogP contribution in [0.1, 0.15) is 66.0 Å². The molecule has 0 aliphatic rings. The van der Waals surface area contributed by atoms with Gasteiger partial charge in [0, 0.05) is 24.0 Å². The third-order valence-corrected chi connectivity index (χ3v) is 7.17. The highest BCUT2D eigenvalue weighted by atomic mass is 16.6. The standard InChI is InChI=1S/C32H46N6O5/c1-9-22(2)27(36-30(41)43-31(3,4)5)28(39)38(21-24-15-17-26(42-8)18-16-24)32(6,7)29(40)35-25(20-34-37-33)19-23-13-11-10-12-14-23/h10-18,22,25,27H,9,19-21H2,1-8H3,(H,35,40)(H,36,41)/t22-,25-,27-/m0/s1. The molecular weight excluding hydrogens is 548 g/mol. The number of nitrogens with zero attached hydrogens (tertiary/aromatic N) is 4.